The van der Waals surface area contributed by atoms with Gasteiger partial charge in [0.1, 0.15) is 0 Å². The molecule has 1 amide bonds. The lowest BCUT2D eigenvalue weighted by atomic mass is 9.40. The van der Waals surface area contributed by atoms with Crippen molar-refractivity contribution >= 4 is 18.5 Å². The molecule has 3 aliphatic carbocycles. The molecule has 5 heteroatoms. The van der Waals surface area contributed by atoms with Gasteiger partial charge in [-0.3, -0.25) is 0 Å². The average Bonchev–Trinajstić information content (AvgIpc) is 1.92. The van der Waals surface area contributed by atoms with Crippen molar-refractivity contribution in [3.8, 4) is 0 Å². The van der Waals surface area contributed by atoms with Gasteiger partial charge in [0.25, 0.3) is 0 Å². The summed E-state index contributed by atoms with van der Waals surface area (Å²) in [5, 5.41) is 2.79. The second-order valence-electron chi connectivity index (χ2n) is 5.20. The molecule has 3 N–H and O–H groups in total. The van der Waals surface area contributed by atoms with E-state index in [1.807, 2.05) is 13.8 Å². The smallest absolute Gasteiger partial charge is 0.407 e. The normalized spacial score (nSPS) is 36.0. The van der Waals surface area contributed by atoms with E-state index in [4.69, 9.17) is 10.5 Å². The molecule has 3 fully saturated rings. The highest BCUT2D eigenvalue weighted by atomic mass is 35.5. The molecule has 0 unspecified atom stereocenters. The number of carbonyl (C=O) groups excluding carboxylic acids is 1. The fraction of sp³-hybridized carbons (Fsp3) is 0.900. The zero-order valence-electron chi connectivity index (χ0n) is 9.21. The first-order valence-electron chi connectivity index (χ1n) is 5.17. The van der Waals surface area contributed by atoms with Gasteiger partial charge in [-0.25, -0.2) is 4.79 Å². The quantitative estimate of drug-likeness (QED) is 0.777. The number of alkyl carbamates (subject to hydrolysis) is 1. The monoisotopic (exact) mass is 234 g/mol. The largest absolute Gasteiger partial charge is 0.447 e. The number of hydrogen-bond donors (Lipinski definition) is 2. The van der Waals surface area contributed by atoms with E-state index in [1.165, 1.54) is 0 Å². The number of ether oxygens (including phenoxy) is 1. The van der Waals surface area contributed by atoms with Gasteiger partial charge >= 0.3 is 6.09 Å². The van der Waals surface area contributed by atoms with Crippen LogP contribution in [-0.2, 0) is 4.74 Å². The summed E-state index contributed by atoms with van der Waals surface area (Å²) >= 11 is 0. The van der Waals surface area contributed by atoms with E-state index in [2.05, 4.69) is 5.32 Å². The van der Waals surface area contributed by atoms with Crippen LogP contribution in [0.5, 0.6) is 0 Å². The Kier molecular flexibility index (Phi) is 3.22. The molecule has 2 bridgehead atoms. The molecule has 3 aliphatic rings. The first-order chi connectivity index (χ1) is 6.43. The van der Waals surface area contributed by atoms with Crippen molar-refractivity contribution in [1.29, 1.82) is 0 Å². The molecular formula is C10H19ClN2O2. The zero-order valence-corrected chi connectivity index (χ0v) is 10.0. The first-order valence-corrected chi connectivity index (χ1v) is 5.17. The molecule has 0 radical (unpaired) electrons. The zero-order chi connectivity index (χ0) is 10.4. The summed E-state index contributed by atoms with van der Waals surface area (Å²) in [6, 6.07) is 0. The average molecular weight is 235 g/mol. The maximum Gasteiger partial charge on any atom is 0.407 e. The number of nitrogens with two attached hydrogens (primary N) is 1. The lowest BCUT2D eigenvalue weighted by Gasteiger charge is -2.69. The lowest BCUT2D eigenvalue weighted by molar-refractivity contribution is -0.127. The second kappa shape index (κ2) is 3.83. The highest BCUT2D eigenvalue weighted by molar-refractivity contribution is 5.85. The van der Waals surface area contributed by atoms with Crippen LogP contribution in [0.15, 0.2) is 0 Å². The molecule has 3 saturated carbocycles. The van der Waals surface area contributed by atoms with Gasteiger partial charge in [0, 0.05) is 12.1 Å². The molecule has 0 atom stereocenters. The molecule has 0 aliphatic heterocycles. The molecule has 88 valence electrons. The third-order valence-corrected chi connectivity index (χ3v) is 3.13. The van der Waals surface area contributed by atoms with Crippen LogP contribution in [0.4, 0.5) is 4.79 Å². The molecule has 0 saturated heterocycles. The third kappa shape index (κ3) is 2.37. The molecular weight excluding hydrogens is 216 g/mol. The molecule has 0 heterocycles. The van der Waals surface area contributed by atoms with Crippen LogP contribution < -0.4 is 11.1 Å². The van der Waals surface area contributed by atoms with Gasteiger partial charge in [0.2, 0.25) is 0 Å². The van der Waals surface area contributed by atoms with E-state index < -0.39 is 0 Å². The van der Waals surface area contributed by atoms with Crippen molar-refractivity contribution < 1.29 is 9.53 Å². The molecule has 15 heavy (non-hydrogen) atoms. The first kappa shape index (κ1) is 12.6. The van der Waals surface area contributed by atoms with Crippen molar-refractivity contribution in [2.45, 2.75) is 44.8 Å². The molecule has 0 spiro atoms. The summed E-state index contributed by atoms with van der Waals surface area (Å²) < 4.78 is 4.98. The van der Waals surface area contributed by atoms with Crippen molar-refractivity contribution in [2.24, 2.45) is 11.1 Å². The van der Waals surface area contributed by atoms with Crippen molar-refractivity contribution in [1.82, 2.24) is 5.32 Å². The Balaban J connectivity index is 0.00000112. The molecule has 0 aromatic carbocycles. The summed E-state index contributed by atoms with van der Waals surface area (Å²) in [7, 11) is 0. The summed E-state index contributed by atoms with van der Waals surface area (Å²) in [6.45, 7) is 4.41. The summed E-state index contributed by atoms with van der Waals surface area (Å²) in [5.74, 6) is 0. The fourth-order valence-corrected chi connectivity index (χ4v) is 2.79. The predicted molar refractivity (Wildman–Crippen MR) is 60.1 cm³/mol. The van der Waals surface area contributed by atoms with Crippen molar-refractivity contribution in [3.05, 3.63) is 0 Å². The van der Waals surface area contributed by atoms with E-state index >= 15 is 0 Å². The fourth-order valence-electron chi connectivity index (χ4n) is 2.79. The van der Waals surface area contributed by atoms with E-state index in [0.717, 1.165) is 25.8 Å². The highest BCUT2D eigenvalue weighted by Crippen LogP contribution is 2.65. The van der Waals surface area contributed by atoms with Gasteiger partial charge in [-0.1, -0.05) is 0 Å². The van der Waals surface area contributed by atoms with Crippen LogP contribution >= 0.6 is 12.4 Å². The van der Waals surface area contributed by atoms with Crippen molar-refractivity contribution in [3.63, 3.8) is 0 Å². The Hall–Kier alpha value is -0.480. The van der Waals surface area contributed by atoms with Crippen LogP contribution in [0, 0.1) is 5.41 Å². The molecule has 4 nitrogen and oxygen atoms in total. The minimum absolute atomic E-state index is 0. The standard InChI is InChI=1S/C10H18N2O2.ClH/c1-7(2)14-8(13)12-6-9-3-10(11,4-9)5-9;/h7H,3-6,11H2,1-2H3,(H,12,13);1H. The number of nitrogens with one attached hydrogen (secondary N) is 1. The Labute approximate surface area is 96.3 Å². The molecule has 3 rings (SSSR count). The van der Waals surface area contributed by atoms with Crippen LogP contribution in [0.3, 0.4) is 0 Å². The topological polar surface area (TPSA) is 64.3 Å². The van der Waals surface area contributed by atoms with Crippen LogP contribution in [0.1, 0.15) is 33.1 Å². The Morgan fingerprint density at radius 3 is 2.40 bits per heavy atom. The van der Waals surface area contributed by atoms with E-state index in [9.17, 15) is 4.79 Å². The Bertz CT molecular complexity index is 248. The number of amides is 1. The SMILES string of the molecule is CC(C)OC(=O)NCC12CC(N)(C1)C2.Cl. The van der Waals surface area contributed by atoms with E-state index in [1.54, 1.807) is 0 Å². The minimum atomic E-state index is -0.309. The predicted octanol–water partition coefficient (Wildman–Crippen LogP) is 1.42. The van der Waals surface area contributed by atoms with Gasteiger partial charge < -0.3 is 15.8 Å². The second-order valence-corrected chi connectivity index (χ2v) is 5.20. The van der Waals surface area contributed by atoms with E-state index in [-0.39, 0.29) is 30.1 Å². The maximum atomic E-state index is 11.2. The summed E-state index contributed by atoms with van der Waals surface area (Å²) in [5.41, 5.74) is 6.34. The highest BCUT2D eigenvalue weighted by Gasteiger charge is 2.65. The van der Waals surface area contributed by atoms with Gasteiger partial charge in [0.15, 0.2) is 0 Å². The lowest BCUT2D eigenvalue weighted by Crippen LogP contribution is -2.74. The summed E-state index contributed by atoms with van der Waals surface area (Å²) in [6.07, 6.45) is 2.81. The molecule has 0 aromatic rings. The minimum Gasteiger partial charge on any atom is -0.447 e. The summed E-state index contributed by atoms with van der Waals surface area (Å²) in [4.78, 5) is 11.2. The van der Waals surface area contributed by atoms with Gasteiger partial charge in [-0.2, -0.15) is 0 Å². The van der Waals surface area contributed by atoms with Gasteiger partial charge in [-0.05, 0) is 38.5 Å². The van der Waals surface area contributed by atoms with Gasteiger partial charge in [0.05, 0.1) is 6.10 Å². The van der Waals surface area contributed by atoms with Crippen LogP contribution in [0.25, 0.3) is 0 Å². The Morgan fingerprint density at radius 1 is 1.47 bits per heavy atom. The third-order valence-electron chi connectivity index (χ3n) is 3.13. The number of halogens is 1. The van der Waals surface area contributed by atoms with Crippen molar-refractivity contribution in [2.75, 3.05) is 6.54 Å². The maximum absolute atomic E-state index is 11.2. The Morgan fingerprint density at radius 2 is 2.00 bits per heavy atom. The number of hydrogen-bond acceptors (Lipinski definition) is 3. The number of rotatable bonds is 3. The van der Waals surface area contributed by atoms with Gasteiger partial charge in [-0.15, -0.1) is 12.4 Å². The van der Waals surface area contributed by atoms with Crippen LogP contribution in [0.2, 0.25) is 0 Å². The van der Waals surface area contributed by atoms with Crippen LogP contribution in [-0.4, -0.2) is 24.3 Å². The number of carbonyl (C=O) groups is 1. The van der Waals surface area contributed by atoms with E-state index in [0.29, 0.717) is 5.41 Å². The molecule has 0 aromatic heterocycles.